The average molecular weight is 380 g/mol. The zero-order chi connectivity index (χ0) is 20.1. The van der Waals surface area contributed by atoms with Gasteiger partial charge in [-0.15, -0.1) is 0 Å². The molecule has 3 rings (SSSR count). The Balaban J connectivity index is 1.57. The molecule has 1 amide bonds. The number of halogens is 1. The van der Waals surface area contributed by atoms with Crippen LogP contribution in [0, 0.1) is 5.82 Å². The number of aromatic nitrogens is 2. The van der Waals surface area contributed by atoms with Crippen LogP contribution in [0.25, 0.3) is 11.3 Å². The molecule has 0 radical (unpaired) electrons. The second kappa shape index (κ2) is 8.80. The van der Waals surface area contributed by atoms with Crippen LogP contribution in [0.2, 0.25) is 0 Å². The van der Waals surface area contributed by atoms with Crippen molar-refractivity contribution in [3.05, 3.63) is 77.2 Å². The number of benzene rings is 2. The molecule has 2 aromatic carbocycles. The van der Waals surface area contributed by atoms with Crippen LogP contribution in [0.1, 0.15) is 16.8 Å². The van der Waals surface area contributed by atoms with E-state index < -0.39 is 0 Å². The predicted molar refractivity (Wildman–Crippen MR) is 108 cm³/mol. The van der Waals surface area contributed by atoms with Crippen LogP contribution in [-0.2, 0) is 31.4 Å². The minimum Gasteiger partial charge on any atom is -0.352 e. The third-order valence-corrected chi connectivity index (χ3v) is 4.47. The largest absolute Gasteiger partial charge is 0.352 e. The molecule has 0 aliphatic carbocycles. The van der Waals surface area contributed by atoms with E-state index in [2.05, 4.69) is 21.4 Å². The summed E-state index contributed by atoms with van der Waals surface area (Å²) in [5.74, 6) is -0.389. The molecule has 1 N–H and O–H groups in total. The Bertz CT molecular complexity index is 930. The summed E-state index contributed by atoms with van der Waals surface area (Å²) in [4.78, 5) is 14.2. The van der Waals surface area contributed by atoms with Gasteiger partial charge in [0, 0.05) is 25.7 Å². The second-order valence-corrected chi connectivity index (χ2v) is 7.16. The van der Waals surface area contributed by atoms with E-state index in [-0.39, 0.29) is 18.1 Å². The fourth-order valence-electron chi connectivity index (χ4n) is 2.96. The lowest BCUT2D eigenvalue weighted by Crippen LogP contribution is -2.24. The lowest BCUT2D eigenvalue weighted by molar-refractivity contribution is -0.120. The van der Waals surface area contributed by atoms with E-state index in [0.29, 0.717) is 6.54 Å². The molecule has 1 aromatic heterocycles. The third kappa shape index (κ3) is 5.27. The molecule has 1 heterocycles. The summed E-state index contributed by atoms with van der Waals surface area (Å²) >= 11 is 0. The summed E-state index contributed by atoms with van der Waals surface area (Å²) in [6, 6.07) is 16.1. The topological polar surface area (TPSA) is 50.2 Å². The SMILES string of the molecule is CN(C)Cc1cc(-c2ccc(CNC(=O)Cc3ccc(F)cc3)cc2)nn1C. The van der Waals surface area contributed by atoms with Gasteiger partial charge in [0.15, 0.2) is 0 Å². The molecule has 0 spiro atoms. The predicted octanol–water partition coefficient (Wildman–Crippen LogP) is 3.15. The van der Waals surface area contributed by atoms with Crippen molar-refractivity contribution in [1.82, 2.24) is 20.0 Å². The molecule has 5 nitrogen and oxygen atoms in total. The van der Waals surface area contributed by atoms with Crippen LogP contribution in [0.3, 0.4) is 0 Å². The van der Waals surface area contributed by atoms with E-state index in [0.717, 1.165) is 34.6 Å². The van der Waals surface area contributed by atoms with Gasteiger partial charge in [0.2, 0.25) is 5.91 Å². The number of hydrogen-bond donors (Lipinski definition) is 1. The van der Waals surface area contributed by atoms with Crippen LogP contribution in [0.4, 0.5) is 4.39 Å². The van der Waals surface area contributed by atoms with E-state index in [4.69, 9.17) is 0 Å². The van der Waals surface area contributed by atoms with E-state index in [1.54, 1.807) is 12.1 Å². The molecule has 0 unspecified atom stereocenters. The Kier molecular flexibility index (Phi) is 6.21. The molecule has 0 bridgehead atoms. The highest BCUT2D eigenvalue weighted by Gasteiger charge is 2.09. The molecular formula is C22H25FN4O. The Labute approximate surface area is 164 Å². The van der Waals surface area contributed by atoms with Crippen molar-refractivity contribution in [2.24, 2.45) is 7.05 Å². The van der Waals surface area contributed by atoms with Gasteiger partial charge < -0.3 is 10.2 Å². The standard InChI is InChI=1S/C22H25FN4O/c1-26(2)15-20-13-21(25-27(20)3)18-8-4-17(5-9-18)14-24-22(28)12-16-6-10-19(23)11-7-16/h4-11,13H,12,14-15H2,1-3H3,(H,24,28). The van der Waals surface area contributed by atoms with E-state index in [1.165, 1.54) is 12.1 Å². The first-order valence-electron chi connectivity index (χ1n) is 9.19. The van der Waals surface area contributed by atoms with Gasteiger partial charge in [-0.05, 0) is 43.4 Å². The molecule has 0 atom stereocenters. The first kappa shape index (κ1) is 19.8. The van der Waals surface area contributed by atoms with Gasteiger partial charge in [0.05, 0.1) is 17.8 Å². The number of hydrogen-bond acceptors (Lipinski definition) is 3. The summed E-state index contributed by atoms with van der Waals surface area (Å²) in [5.41, 5.74) is 4.93. The quantitative estimate of drug-likeness (QED) is 0.685. The van der Waals surface area contributed by atoms with Crippen molar-refractivity contribution in [3.63, 3.8) is 0 Å². The molecule has 6 heteroatoms. The number of aryl methyl sites for hydroxylation is 1. The minimum absolute atomic E-state index is 0.0891. The summed E-state index contributed by atoms with van der Waals surface area (Å²) in [5, 5.41) is 7.48. The smallest absolute Gasteiger partial charge is 0.224 e. The summed E-state index contributed by atoms with van der Waals surface area (Å²) in [7, 11) is 6.02. The van der Waals surface area contributed by atoms with Gasteiger partial charge in [0.1, 0.15) is 5.82 Å². The molecule has 0 saturated carbocycles. The Morgan fingerprint density at radius 3 is 2.36 bits per heavy atom. The fourth-order valence-corrected chi connectivity index (χ4v) is 2.96. The first-order valence-corrected chi connectivity index (χ1v) is 9.19. The lowest BCUT2D eigenvalue weighted by atomic mass is 10.1. The highest BCUT2D eigenvalue weighted by Crippen LogP contribution is 2.20. The van der Waals surface area contributed by atoms with Gasteiger partial charge in [-0.3, -0.25) is 9.48 Å². The van der Waals surface area contributed by atoms with Crippen LogP contribution in [0.15, 0.2) is 54.6 Å². The number of rotatable bonds is 7. The molecule has 146 valence electrons. The van der Waals surface area contributed by atoms with Crippen LogP contribution in [-0.4, -0.2) is 34.7 Å². The van der Waals surface area contributed by atoms with Crippen molar-refractivity contribution in [3.8, 4) is 11.3 Å². The summed E-state index contributed by atoms with van der Waals surface area (Å²) < 4.78 is 14.8. The van der Waals surface area contributed by atoms with Crippen LogP contribution in [0.5, 0.6) is 0 Å². The molecular weight excluding hydrogens is 355 g/mol. The monoisotopic (exact) mass is 380 g/mol. The molecule has 0 aliphatic heterocycles. The van der Waals surface area contributed by atoms with Crippen LogP contribution >= 0.6 is 0 Å². The Morgan fingerprint density at radius 2 is 1.71 bits per heavy atom. The third-order valence-electron chi connectivity index (χ3n) is 4.47. The lowest BCUT2D eigenvalue weighted by Gasteiger charge is -2.08. The molecule has 0 aliphatic rings. The summed E-state index contributed by atoms with van der Waals surface area (Å²) in [6.07, 6.45) is 0.237. The van der Waals surface area contributed by atoms with Crippen molar-refractivity contribution < 1.29 is 9.18 Å². The maximum Gasteiger partial charge on any atom is 0.224 e. The molecule has 28 heavy (non-hydrogen) atoms. The van der Waals surface area contributed by atoms with Gasteiger partial charge in [-0.25, -0.2) is 4.39 Å². The van der Waals surface area contributed by atoms with Gasteiger partial charge in [0.25, 0.3) is 0 Å². The number of amides is 1. The van der Waals surface area contributed by atoms with Crippen LogP contribution < -0.4 is 5.32 Å². The van der Waals surface area contributed by atoms with Crippen molar-refractivity contribution in [2.45, 2.75) is 19.5 Å². The van der Waals surface area contributed by atoms with E-state index >= 15 is 0 Å². The number of carbonyl (C=O) groups is 1. The number of nitrogens with one attached hydrogen (secondary N) is 1. The van der Waals surface area contributed by atoms with Gasteiger partial charge >= 0.3 is 0 Å². The molecule has 0 saturated heterocycles. The number of nitrogens with zero attached hydrogens (tertiary/aromatic N) is 3. The van der Waals surface area contributed by atoms with Gasteiger partial charge in [-0.2, -0.15) is 5.10 Å². The molecule has 0 fully saturated rings. The second-order valence-electron chi connectivity index (χ2n) is 7.16. The molecule has 3 aromatic rings. The number of carbonyl (C=O) groups excluding carboxylic acids is 1. The minimum atomic E-state index is -0.300. The summed E-state index contributed by atoms with van der Waals surface area (Å²) in [6.45, 7) is 1.29. The van der Waals surface area contributed by atoms with Gasteiger partial charge in [-0.1, -0.05) is 36.4 Å². The first-order chi connectivity index (χ1) is 13.4. The fraction of sp³-hybridized carbons (Fsp3) is 0.273. The Morgan fingerprint density at radius 1 is 1.07 bits per heavy atom. The van der Waals surface area contributed by atoms with E-state index in [9.17, 15) is 9.18 Å². The van der Waals surface area contributed by atoms with Crippen molar-refractivity contribution in [2.75, 3.05) is 14.1 Å². The zero-order valence-electron chi connectivity index (χ0n) is 16.4. The zero-order valence-corrected chi connectivity index (χ0v) is 16.4. The Hall–Kier alpha value is -2.99. The maximum atomic E-state index is 12.9. The van der Waals surface area contributed by atoms with Crippen molar-refractivity contribution in [1.29, 1.82) is 0 Å². The highest BCUT2D eigenvalue weighted by molar-refractivity contribution is 5.78. The highest BCUT2D eigenvalue weighted by atomic mass is 19.1. The normalized spacial score (nSPS) is 11.0. The van der Waals surface area contributed by atoms with E-state index in [1.807, 2.05) is 50.1 Å². The maximum absolute atomic E-state index is 12.9. The van der Waals surface area contributed by atoms with Crippen molar-refractivity contribution >= 4 is 5.91 Å². The average Bonchev–Trinajstić information content (AvgIpc) is 3.02.